The van der Waals surface area contributed by atoms with E-state index < -0.39 is 0 Å². The number of benzene rings is 1. The molecular weight excluding hydrogens is 462 g/mol. The molecule has 1 saturated heterocycles. The fraction of sp³-hybridized carbons (Fsp3) is 0.348. The second-order valence-electron chi connectivity index (χ2n) is 7.23. The molecular formula is C23H26BrN3O4. The Hall–Kier alpha value is -2.87. The fourth-order valence-corrected chi connectivity index (χ4v) is 3.66. The van der Waals surface area contributed by atoms with Crippen molar-refractivity contribution in [1.82, 2.24) is 9.88 Å². The number of aromatic nitrogens is 1. The third-order valence-electron chi connectivity index (χ3n) is 5.02. The number of hydrogen-bond donors (Lipinski definition) is 1. The van der Waals surface area contributed by atoms with E-state index in [1.165, 1.54) is 0 Å². The first-order chi connectivity index (χ1) is 15.0. The summed E-state index contributed by atoms with van der Waals surface area (Å²) in [6.07, 6.45) is 7.02. The normalized spacial score (nSPS) is 16.2. The highest BCUT2D eigenvalue weighted by atomic mass is 79.9. The van der Waals surface area contributed by atoms with Gasteiger partial charge in [0.15, 0.2) is 18.1 Å². The largest absolute Gasteiger partial charge is 0.493 e. The van der Waals surface area contributed by atoms with Gasteiger partial charge in [-0.3, -0.25) is 9.59 Å². The van der Waals surface area contributed by atoms with Gasteiger partial charge in [0.2, 0.25) is 5.91 Å². The number of ether oxygens (including phenoxy) is 2. The number of methoxy groups -OCH3 is 1. The van der Waals surface area contributed by atoms with E-state index in [4.69, 9.17) is 9.47 Å². The van der Waals surface area contributed by atoms with Crippen molar-refractivity contribution < 1.29 is 19.1 Å². The molecule has 2 aromatic rings. The number of piperidine rings is 1. The van der Waals surface area contributed by atoms with Gasteiger partial charge in [-0.25, -0.2) is 4.98 Å². The first-order valence-corrected chi connectivity index (χ1v) is 10.9. The zero-order valence-corrected chi connectivity index (χ0v) is 19.2. The van der Waals surface area contributed by atoms with Gasteiger partial charge in [-0.05, 0) is 65.5 Å². The van der Waals surface area contributed by atoms with Crippen molar-refractivity contribution in [3.05, 3.63) is 52.6 Å². The van der Waals surface area contributed by atoms with Crippen LogP contribution in [0.4, 0.5) is 5.82 Å². The van der Waals surface area contributed by atoms with Gasteiger partial charge in [-0.2, -0.15) is 0 Å². The minimum atomic E-state index is -0.280. The molecule has 0 radical (unpaired) electrons. The first-order valence-electron chi connectivity index (χ1n) is 10.1. The topological polar surface area (TPSA) is 80.8 Å². The van der Waals surface area contributed by atoms with Gasteiger partial charge >= 0.3 is 0 Å². The predicted molar refractivity (Wildman–Crippen MR) is 123 cm³/mol. The van der Waals surface area contributed by atoms with E-state index in [1.54, 1.807) is 30.3 Å². The number of allylic oxidation sites excluding steroid dienone is 1. The van der Waals surface area contributed by atoms with Crippen LogP contribution in [0.5, 0.6) is 11.5 Å². The van der Waals surface area contributed by atoms with Gasteiger partial charge in [0.1, 0.15) is 5.82 Å². The number of anilines is 1. The number of nitrogens with one attached hydrogen (secondary N) is 1. The third-order valence-corrected chi connectivity index (χ3v) is 5.49. The highest BCUT2D eigenvalue weighted by molar-refractivity contribution is 9.10. The molecule has 8 heteroatoms. The Morgan fingerprint density at radius 1 is 1.29 bits per heavy atom. The number of carbonyl (C=O) groups is 2. The zero-order chi connectivity index (χ0) is 22.2. The maximum Gasteiger partial charge on any atom is 0.260 e. The summed E-state index contributed by atoms with van der Waals surface area (Å²) < 4.78 is 11.9. The number of pyridine rings is 1. The Morgan fingerprint density at radius 2 is 2.13 bits per heavy atom. The molecule has 1 aliphatic rings. The van der Waals surface area contributed by atoms with Gasteiger partial charge in [-0.1, -0.05) is 18.2 Å². The molecule has 1 aromatic heterocycles. The van der Waals surface area contributed by atoms with Crippen LogP contribution < -0.4 is 14.8 Å². The lowest BCUT2D eigenvalue weighted by Crippen LogP contribution is -2.45. The van der Waals surface area contributed by atoms with Gasteiger partial charge in [0.05, 0.1) is 13.0 Å². The fourth-order valence-electron chi connectivity index (χ4n) is 3.43. The van der Waals surface area contributed by atoms with Crippen LogP contribution in [0.3, 0.4) is 0 Å². The monoisotopic (exact) mass is 487 g/mol. The number of nitrogens with zero attached hydrogens (tertiary/aromatic N) is 2. The van der Waals surface area contributed by atoms with Crippen LogP contribution in [0.2, 0.25) is 0 Å². The number of hydrogen-bond acceptors (Lipinski definition) is 5. The maximum absolute atomic E-state index is 12.7. The lowest BCUT2D eigenvalue weighted by Gasteiger charge is -2.32. The van der Waals surface area contributed by atoms with Crippen molar-refractivity contribution in [2.45, 2.75) is 19.8 Å². The molecule has 1 aliphatic heterocycles. The molecule has 31 heavy (non-hydrogen) atoms. The van der Waals surface area contributed by atoms with E-state index in [0.717, 1.165) is 22.9 Å². The summed E-state index contributed by atoms with van der Waals surface area (Å²) in [5.41, 5.74) is 0.989. The van der Waals surface area contributed by atoms with Gasteiger partial charge < -0.3 is 19.7 Å². The molecule has 0 saturated carbocycles. The number of halogens is 1. The molecule has 7 nitrogen and oxygen atoms in total. The number of carbonyl (C=O) groups excluding carboxylic acids is 2. The second-order valence-corrected chi connectivity index (χ2v) is 8.14. The molecule has 1 aromatic carbocycles. The third kappa shape index (κ3) is 6.30. The quantitative estimate of drug-likeness (QED) is 0.634. The van der Waals surface area contributed by atoms with Crippen LogP contribution >= 0.6 is 15.9 Å². The summed E-state index contributed by atoms with van der Waals surface area (Å²) in [6.45, 7) is 2.81. The predicted octanol–water partition coefficient (Wildman–Crippen LogP) is 4.14. The van der Waals surface area contributed by atoms with E-state index in [-0.39, 0.29) is 24.3 Å². The van der Waals surface area contributed by atoms with E-state index in [2.05, 4.69) is 26.2 Å². The Labute approximate surface area is 190 Å². The lowest BCUT2D eigenvalue weighted by molar-refractivity contribution is -0.136. The molecule has 1 fully saturated rings. The van der Waals surface area contributed by atoms with Crippen molar-refractivity contribution in [3.63, 3.8) is 0 Å². The lowest BCUT2D eigenvalue weighted by atomic mass is 9.97. The summed E-state index contributed by atoms with van der Waals surface area (Å²) in [6, 6.07) is 9.10. The van der Waals surface area contributed by atoms with Crippen molar-refractivity contribution in [1.29, 1.82) is 0 Å². The molecule has 0 aliphatic carbocycles. The van der Waals surface area contributed by atoms with Crippen LogP contribution in [0.15, 0.2) is 47.1 Å². The van der Waals surface area contributed by atoms with E-state index in [0.29, 0.717) is 30.4 Å². The van der Waals surface area contributed by atoms with Crippen molar-refractivity contribution >= 4 is 39.6 Å². The van der Waals surface area contributed by atoms with Crippen LogP contribution in [0.1, 0.15) is 25.3 Å². The summed E-state index contributed by atoms with van der Waals surface area (Å²) in [4.78, 5) is 31.2. The van der Waals surface area contributed by atoms with Crippen LogP contribution in [-0.2, 0) is 9.59 Å². The molecule has 2 amide bonds. The highest BCUT2D eigenvalue weighted by Crippen LogP contribution is 2.29. The summed E-state index contributed by atoms with van der Waals surface area (Å²) in [5.74, 6) is 1.01. The molecule has 164 valence electrons. The summed E-state index contributed by atoms with van der Waals surface area (Å²) in [7, 11) is 1.57. The van der Waals surface area contributed by atoms with Crippen molar-refractivity contribution in [2.75, 3.05) is 32.1 Å². The Balaban J connectivity index is 1.56. The van der Waals surface area contributed by atoms with E-state index >= 15 is 0 Å². The molecule has 1 atom stereocenters. The van der Waals surface area contributed by atoms with E-state index in [1.807, 2.05) is 37.3 Å². The summed E-state index contributed by atoms with van der Waals surface area (Å²) in [5, 5.41) is 2.82. The molecule has 0 bridgehead atoms. The number of amides is 2. The van der Waals surface area contributed by atoms with Gasteiger partial charge in [-0.15, -0.1) is 0 Å². The Bertz CT molecular complexity index is 946. The van der Waals surface area contributed by atoms with Crippen LogP contribution in [-0.4, -0.2) is 48.5 Å². The number of likely N-dealkylation sites (tertiary alicyclic amines) is 1. The Morgan fingerprint density at radius 3 is 2.84 bits per heavy atom. The molecule has 1 unspecified atom stereocenters. The minimum Gasteiger partial charge on any atom is -0.493 e. The average Bonchev–Trinajstić information content (AvgIpc) is 2.79. The molecule has 0 spiro atoms. The van der Waals surface area contributed by atoms with Crippen LogP contribution in [0, 0.1) is 5.92 Å². The Kier molecular flexibility index (Phi) is 8.06. The van der Waals surface area contributed by atoms with Gasteiger partial charge in [0.25, 0.3) is 5.91 Å². The average molecular weight is 488 g/mol. The second kappa shape index (κ2) is 10.9. The highest BCUT2D eigenvalue weighted by Gasteiger charge is 2.29. The van der Waals surface area contributed by atoms with Crippen LogP contribution in [0.25, 0.3) is 6.08 Å². The standard InChI is InChI=1S/C23H26BrN3O4/c1-3-5-16-7-9-19(20(12-16)30-2)31-15-22(28)27-11-4-6-17(14-27)23(29)26-21-10-8-18(24)13-25-21/h3,5,7-10,12-13,17H,4,6,11,14-15H2,1-2H3,(H,25,26,29). The van der Waals surface area contributed by atoms with Crippen molar-refractivity contribution in [3.8, 4) is 11.5 Å². The molecule has 2 heterocycles. The van der Waals surface area contributed by atoms with E-state index in [9.17, 15) is 9.59 Å². The van der Waals surface area contributed by atoms with Gasteiger partial charge in [0, 0.05) is 23.8 Å². The van der Waals surface area contributed by atoms with Crippen molar-refractivity contribution in [2.24, 2.45) is 5.92 Å². The molecule has 3 rings (SSSR count). The SMILES string of the molecule is CC=Cc1ccc(OCC(=O)N2CCCC(C(=O)Nc3ccc(Br)cn3)C2)c(OC)c1. The first kappa shape index (κ1) is 22.8. The minimum absolute atomic E-state index is 0.109. The number of rotatable bonds is 7. The smallest absolute Gasteiger partial charge is 0.260 e. The maximum atomic E-state index is 12.7. The summed E-state index contributed by atoms with van der Waals surface area (Å²) >= 11 is 3.32. The zero-order valence-electron chi connectivity index (χ0n) is 17.6. The molecule has 1 N–H and O–H groups in total.